The topological polar surface area (TPSA) is 115 Å². The van der Waals surface area contributed by atoms with Gasteiger partial charge in [-0.25, -0.2) is 0 Å². The lowest BCUT2D eigenvalue weighted by molar-refractivity contribution is -0.385. The third-order valence-electron chi connectivity index (χ3n) is 5.57. The molecule has 0 unspecified atom stereocenters. The minimum absolute atomic E-state index is 0.0353. The molecule has 162 valence electrons. The molecule has 0 aliphatic rings. The van der Waals surface area contributed by atoms with Crippen LogP contribution in [0.25, 0.3) is 22.6 Å². The number of aromatic nitrogens is 1. The number of hydrogen-bond acceptors (Lipinski definition) is 5. The molecule has 8 heteroatoms. The minimum atomic E-state index is -0.477. The molecule has 33 heavy (non-hydrogen) atoms. The highest BCUT2D eigenvalue weighted by Gasteiger charge is 2.15. The summed E-state index contributed by atoms with van der Waals surface area (Å²) < 4.78 is 2.10. The van der Waals surface area contributed by atoms with Crippen molar-refractivity contribution in [3.05, 3.63) is 115 Å². The van der Waals surface area contributed by atoms with Gasteiger partial charge in [0.25, 0.3) is 11.4 Å². The number of rotatable bonds is 6. The number of nitro groups is 2. The van der Waals surface area contributed by atoms with Crippen LogP contribution < -0.4 is 0 Å². The second kappa shape index (κ2) is 8.77. The fourth-order valence-corrected chi connectivity index (χ4v) is 3.84. The molecular weight excluding hydrogens is 420 g/mol. The minimum Gasteiger partial charge on any atom is -0.340 e. The number of non-ortho nitro benzene ring substituents is 2. The fourth-order valence-electron chi connectivity index (χ4n) is 3.84. The number of nitrogens with zero attached hydrogens (tertiary/aromatic N) is 4. The monoisotopic (exact) mass is 438 g/mol. The second-order valence-electron chi connectivity index (χ2n) is 7.50. The summed E-state index contributed by atoms with van der Waals surface area (Å²) in [6.07, 6.45) is 1.80. The van der Waals surface area contributed by atoms with Crippen LogP contribution in [-0.2, 0) is 6.54 Å². The number of fused-ring (bicyclic) bond motifs is 1. The number of hydrogen-bond donors (Lipinski definition) is 0. The van der Waals surface area contributed by atoms with Crippen molar-refractivity contribution >= 4 is 33.9 Å². The molecule has 0 bridgehead atoms. The molecule has 0 amide bonds. The molecule has 0 saturated heterocycles. The smallest absolute Gasteiger partial charge is 0.269 e. The van der Waals surface area contributed by atoms with Crippen molar-refractivity contribution in [3.63, 3.8) is 0 Å². The van der Waals surface area contributed by atoms with Crippen molar-refractivity contribution in [1.29, 1.82) is 5.26 Å². The van der Waals surface area contributed by atoms with Crippen molar-refractivity contribution in [2.75, 3.05) is 0 Å². The maximum atomic E-state index is 10.9. The van der Waals surface area contributed by atoms with E-state index in [-0.39, 0.29) is 11.4 Å². The first kappa shape index (κ1) is 21.5. The summed E-state index contributed by atoms with van der Waals surface area (Å²) in [7, 11) is 0. The molecule has 8 nitrogen and oxygen atoms in total. The van der Waals surface area contributed by atoms with Gasteiger partial charge in [0.1, 0.15) is 0 Å². The third-order valence-corrected chi connectivity index (χ3v) is 5.57. The van der Waals surface area contributed by atoms with Crippen LogP contribution in [0.5, 0.6) is 0 Å². The molecule has 0 fully saturated rings. The SMILES string of the molecule is Cc1c(/C=C(/C#N)c2ccc([N+](=O)[O-])cc2)c2ccccc2n1Cc1ccc([N+](=O)[O-])cc1. The van der Waals surface area contributed by atoms with Crippen LogP contribution in [0.2, 0.25) is 0 Å². The second-order valence-corrected chi connectivity index (χ2v) is 7.50. The van der Waals surface area contributed by atoms with Crippen molar-refractivity contribution in [2.24, 2.45) is 0 Å². The van der Waals surface area contributed by atoms with Gasteiger partial charge in [0.05, 0.1) is 21.5 Å². The van der Waals surface area contributed by atoms with Gasteiger partial charge in [-0.15, -0.1) is 0 Å². The van der Waals surface area contributed by atoms with E-state index in [4.69, 9.17) is 0 Å². The first-order valence-electron chi connectivity index (χ1n) is 10.1. The molecule has 4 rings (SSSR count). The molecular formula is C25H18N4O4. The van der Waals surface area contributed by atoms with Gasteiger partial charge in [-0.05, 0) is 42.3 Å². The van der Waals surface area contributed by atoms with E-state index in [1.54, 1.807) is 30.3 Å². The Kier molecular flexibility index (Phi) is 5.70. The average Bonchev–Trinajstić information content (AvgIpc) is 3.08. The highest BCUT2D eigenvalue weighted by atomic mass is 16.6. The fraction of sp³-hybridized carbons (Fsp3) is 0.0800. The van der Waals surface area contributed by atoms with E-state index >= 15 is 0 Å². The molecule has 1 aromatic heterocycles. The van der Waals surface area contributed by atoms with Crippen LogP contribution in [0.1, 0.15) is 22.4 Å². The van der Waals surface area contributed by atoms with Crippen LogP contribution in [0.3, 0.4) is 0 Å². The number of nitriles is 1. The van der Waals surface area contributed by atoms with Crippen molar-refractivity contribution in [3.8, 4) is 6.07 Å². The Hall–Kier alpha value is -4.77. The van der Waals surface area contributed by atoms with Crippen LogP contribution in [0.15, 0.2) is 72.8 Å². The van der Waals surface area contributed by atoms with Gasteiger partial charge in [0.15, 0.2) is 0 Å². The molecule has 0 radical (unpaired) electrons. The van der Waals surface area contributed by atoms with Gasteiger partial charge in [-0.2, -0.15) is 5.26 Å². The van der Waals surface area contributed by atoms with Gasteiger partial charge in [-0.3, -0.25) is 20.2 Å². The largest absolute Gasteiger partial charge is 0.340 e. The summed E-state index contributed by atoms with van der Waals surface area (Å²) in [5.41, 5.74) is 4.69. The predicted molar refractivity (Wildman–Crippen MR) is 125 cm³/mol. The Morgan fingerprint density at radius 2 is 1.52 bits per heavy atom. The first-order chi connectivity index (χ1) is 15.9. The highest BCUT2D eigenvalue weighted by Crippen LogP contribution is 2.31. The maximum absolute atomic E-state index is 10.9. The van der Waals surface area contributed by atoms with E-state index in [0.29, 0.717) is 17.7 Å². The molecule has 4 aromatic rings. The van der Waals surface area contributed by atoms with E-state index in [2.05, 4.69) is 10.6 Å². The van der Waals surface area contributed by atoms with E-state index in [0.717, 1.165) is 27.7 Å². The molecule has 0 aliphatic heterocycles. The molecule has 0 atom stereocenters. The van der Waals surface area contributed by atoms with Crippen molar-refractivity contribution in [2.45, 2.75) is 13.5 Å². The predicted octanol–water partition coefficient (Wildman–Crippen LogP) is 5.88. The van der Waals surface area contributed by atoms with Crippen molar-refractivity contribution in [1.82, 2.24) is 4.57 Å². The summed E-state index contributed by atoms with van der Waals surface area (Å²) >= 11 is 0. The molecule has 0 saturated carbocycles. The average molecular weight is 438 g/mol. The molecule has 0 N–H and O–H groups in total. The summed E-state index contributed by atoms with van der Waals surface area (Å²) in [5, 5.41) is 32.6. The Bertz CT molecular complexity index is 1440. The van der Waals surface area contributed by atoms with Gasteiger partial charge in [-0.1, -0.05) is 30.3 Å². The number of para-hydroxylation sites is 1. The normalized spacial score (nSPS) is 11.3. The molecule has 1 heterocycles. The van der Waals surface area contributed by atoms with Crippen LogP contribution in [0, 0.1) is 38.5 Å². The first-order valence-corrected chi connectivity index (χ1v) is 10.1. The zero-order valence-electron chi connectivity index (χ0n) is 17.6. The highest BCUT2D eigenvalue weighted by molar-refractivity contribution is 5.99. The Balaban J connectivity index is 1.78. The zero-order chi connectivity index (χ0) is 23.5. The van der Waals surface area contributed by atoms with Gasteiger partial charge in [0, 0.05) is 53.0 Å². The Morgan fingerprint density at radius 3 is 2.09 bits per heavy atom. The van der Waals surface area contributed by atoms with Crippen LogP contribution in [0.4, 0.5) is 11.4 Å². The number of nitro benzene ring substituents is 2. The molecule has 0 aliphatic carbocycles. The van der Waals surface area contributed by atoms with E-state index < -0.39 is 9.85 Å². The lowest BCUT2D eigenvalue weighted by Gasteiger charge is -2.09. The lowest BCUT2D eigenvalue weighted by Crippen LogP contribution is -2.02. The maximum Gasteiger partial charge on any atom is 0.269 e. The summed E-state index contributed by atoms with van der Waals surface area (Å²) in [6, 6.07) is 22.4. The summed E-state index contributed by atoms with van der Waals surface area (Å²) in [5.74, 6) is 0. The van der Waals surface area contributed by atoms with E-state index in [1.807, 2.05) is 31.2 Å². The van der Waals surface area contributed by atoms with Gasteiger partial charge >= 0.3 is 0 Å². The Morgan fingerprint density at radius 1 is 0.939 bits per heavy atom. The molecule has 3 aromatic carbocycles. The van der Waals surface area contributed by atoms with E-state index in [1.165, 1.54) is 24.3 Å². The molecule has 0 spiro atoms. The lowest BCUT2D eigenvalue weighted by atomic mass is 10.0. The number of allylic oxidation sites excluding steroid dienone is 1. The van der Waals surface area contributed by atoms with Crippen LogP contribution >= 0.6 is 0 Å². The standard InChI is InChI=1S/C25H18N4O4/c1-17-24(14-20(15-26)19-8-12-22(13-9-19)29(32)33)23-4-2-3-5-25(23)27(17)16-18-6-10-21(11-7-18)28(30)31/h2-14H,16H2,1H3/b20-14-. The third kappa shape index (κ3) is 4.20. The zero-order valence-corrected chi connectivity index (χ0v) is 17.6. The van der Waals surface area contributed by atoms with Crippen molar-refractivity contribution < 1.29 is 9.85 Å². The quantitative estimate of drug-likeness (QED) is 0.212. The number of benzene rings is 3. The van der Waals surface area contributed by atoms with E-state index in [9.17, 15) is 25.5 Å². The summed E-state index contributed by atoms with van der Waals surface area (Å²) in [4.78, 5) is 21.0. The Labute approximate surface area is 188 Å². The van der Waals surface area contributed by atoms with Gasteiger partial charge in [0.2, 0.25) is 0 Å². The van der Waals surface area contributed by atoms with Crippen LogP contribution in [-0.4, -0.2) is 14.4 Å². The summed E-state index contributed by atoms with van der Waals surface area (Å²) in [6.45, 7) is 2.47. The van der Waals surface area contributed by atoms with Gasteiger partial charge < -0.3 is 4.57 Å².